The number of pyridine rings is 1. The Labute approximate surface area is 212 Å². The van der Waals surface area contributed by atoms with Crippen molar-refractivity contribution in [1.29, 1.82) is 0 Å². The van der Waals surface area contributed by atoms with E-state index in [2.05, 4.69) is 20.3 Å². The molecule has 0 radical (unpaired) electrons. The first kappa shape index (κ1) is 23.6. The predicted octanol–water partition coefficient (Wildman–Crippen LogP) is 5.52. The van der Waals surface area contributed by atoms with Gasteiger partial charge >= 0.3 is 6.09 Å². The molecule has 0 bridgehead atoms. The van der Waals surface area contributed by atoms with E-state index in [0.29, 0.717) is 52.9 Å². The number of hydrogen-bond donors (Lipinski definition) is 2. The number of anilines is 2. The molecule has 1 saturated heterocycles. The molecule has 1 aliphatic rings. The minimum Gasteiger partial charge on any atom is -0.488 e. The Hall–Kier alpha value is -4.11. The Morgan fingerprint density at radius 1 is 1.11 bits per heavy atom. The van der Waals surface area contributed by atoms with Gasteiger partial charge in [-0.3, -0.25) is 4.98 Å². The molecule has 10 heteroatoms. The molecule has 0 spiro atoms. The van der Waals surface area contributed by atoms with Crippen molar-refractivity contribution in [2.45, 2.75) is 25.6 Å². The first-order chi connectivity index (χ1) is 17.6. The van der Waals surface area contributed by atoms with Crippen LogP contribution in [0.2, 0.25) is 5.02 Å². The molecule has 0 aliphatic carbocycles. The van der Waals surface area contributed by atoms with E-state index < -0.39 is 6.09 Å². The normalized spacial score (nSPS) is 15.5. The third kappa shape index (κ3) is 5.41. The van der Waals surface area contributed by atoms with Gasteiger partial charge in [-0.15, -0.1) is 0 Å². The van der Waals surface area contributed by atoms with E-state index in [4.69, 9.17) is 21.1 Å². The first-order valence-corrected chi connectivity index (χ1v) is 11.9. The predicted molar refractivity (Wildman–Crippen MR) is 136 cm³/mol. The molecule has 1 amide bonds. The smallest absolute Gasteiger partial charge is 0.407 e. The largest absolute Gasteiger partial charge is 0.488 e. The van der Waals surface area contributed by atoms with Crippen LogP contribution in [0.3, 0.4) is 0 Å². The van der Waals surface area contributed by atoms with E-state index in [1.165, 1.54) is 11.2 Å². The SMILES string of the molecule is O=C(O)N1CCC[C@H](Oc2cccc3ncnc(Nc4ccc(OCc5ccccn5)c(Cl)c4)c23)C1. The van der Waals surface area contributed by atoms with Crippen LogP contribution in [0.5, 0.6) is 11.5 Å². The number of likely N-dealkylation sites (tertiary alicyclic amines) is 1. The van der Waals surface area contributed by atoms with Gasteiger partial charge < -0.3 is 24.8 Å². The third-order valence-electron chi connectivity index (χ3n) is 5.86. The van der Waals surface area contributed by atoms with Crippen LogP contribution in [0.1, 0.15) is 18.5 Å². The van der Waals surface area contributed by atoms with Crippen LogP contribution >= 0.6 is 11.6 Å². The number of piperidine rings is 1. The molecule has 1 aliphatic heterocycles. The van der Waals surface area contributed by atoms with Crippen molar-refractivity contribution in [3.63, 3.8) is 0 Å². The summed E-state index contributed by atoms with van der Waals surface area (Å²) < 4.78 is 12.1. The average Bonchev–Trinajstić information content (AvgIpc) is 2.89. The molecular formula is C26H24ClN5O4. The number of nitrogens with one attached hydrogen (secondary N) is 1. The van der Waals surface area contributed by atoms with E-state index >= 15 is 0 Å². The molecule has 9 nitrogen and oxygen atoms in total. The zero-order valence-electron chi connectivity index (χ0n) is 19.3. The molecule has 2 aromatic heterocycles. The Morgan fingerprint density at radius 2 is 2.03 bits per heavy atom. The van der Waals surface area contributed by atoms with Crippen molar-refractivity contribution < 1.29 is 19.4 Å². The van der Waals surface area contributed by atoms with E-state index in [1.807, 2.05) is 42.5 Å². The molecular weight excluding hydrogens is 482 g/mol. The van der Waals surface area contributed by atoms with E-state index in [-0.39, 0.29) is 6.10 Å². The van der Waals surface area contributed by atoms with Crippen LogP contribution in [0.4, 0.5) is 16.3 Å². The number of amides is 1. The number of carbonyl (C=O) groups is 1. The number of nitrogens with zero attached hydrogens (tertiary/aromatic N) is 4. The van der Waals surface area contributed by atoms with Gasteiger partial charge in [-0.2, -0.15) is 0 Å². The van der Waals surface area contributed by atoms with Gasteiger partial charge in [-0.1, -0.05) is 23.7 Å². The summed E-state index contributed by atoms with van der Waals surface area (Å²) in [5.74, 6) is 1.69. The Morgan fingerprint density at radius 3 is 2.83 bits per heavy atom. The van der Waals surface area contributed by atoms with Crippen molar-refractivity contribution in [2.75, 3.05) is 18.4 Å². The molecule has 4 aromatic rings. The maximum Gasteiger partial charge on any atom is 0.407 e. The number of hydrogen-bond acceptors (Lipinski definition) is 7. The molecule has 2 N–H and O–H groups in total. The van der Waals surface area contributed by atoms with Gasteiger partial charge in [0.1, 0.15) is 36.4 Å². The Kier molecular flexibility index (Phi) is 6.99. The van der Waals surface area contributed by atoms with Crippen LogP contribution < -0.4 is 14.8 Å². The molecule has 184 valence electrons. The summed E-state index contributed by atoms with van der Waals surface area (Å²) in [6, 6.07) is 16.6. The number of rotatable bonds is 7. The molecule has 2 aromatic carbocycles. The number of halogens is 1. The number of fused-ring (bicyclic) bond motifs is 1. The van der Waals surface area contributed by atoms with Crippen molar-refractivity contribution in [3.8, 4) is 11.5 Å². The van der Waals surface area contributed by atoms with Gasteiger partial charge in [0, 0.05) is 18.4 Å². The van der Waals surface area contributed by atoms with Crippen molar-refractivity contribution in [1.82, 2.24) is 19.9 Å². The summed E-state index contributed by atoms with van der Waals surface area (Å²) in [6.07, 6.45) is 3.53. The number of carboxylic acid groups (broad SMARTS) is 1. The average molecular weight is 506 g/mol. The lowest BCUT2D eigenvalue weighted by Crippen LogP contribution is -2.43. The highest BCUT2D eigenvalue weighted by Gasteiger charge is 2.25. The lowest BCUT2D eigenvalue weighted by Gasteiger charge is -2.31. The van der Waals surface area contributed by atoms with E-state index in [9.17, 15) is 9.90 Å². The Bertz CT molecular complexity index is 1370. The lowest BCUT2D eigenvalue weighted by molar-refractivity contribution is 0.0800. The van der Waals surface area contributed by atoms with Crippen LogP contribution in [-0.2, 0) is 6.61 Å². The van der Waals surface area contributed by atoms with E-state index in [0.717, 1.165) is 24.2 Å². The first-order valence-electron chi connectivity index (χ1n) is 11.5. The van der Waals surface area contributed by atoms with Crippen molar-refractivity contribution in [2.24, 2.45) is 0 Å². The Balaban J connectivity index is 1.36. The standard InChI is InChI=1S/C26H24ClN5O4/c27-20-13-17(9-10-22(20)35-15-18-5-1-2-11-28-18)31-25-24-21(29-16-30-25)7-3-8-23(24)36-19-6-4-12-32(14-19)26(33)34/h1-3,5,7-11,13,16,19H,4,6,12,14-15H2,(H,33,34)(H,29,30,31)/t19-/m0/s1. The van der Waals surface area contributed by atoms with Gasteiger partial charge in [0.05, 0.1) is 28.2 Å². The van der Waals surface area contributed by atoms with Crippen LogP contribution in [0.25, 0.3) is 10.9 Å². The topological polar surface area (TPSA) is 110 Å². The maximum atomic E-state index is 11.4. The second kappa shape index (κ2) is 10.7. The van der Waals surface area contributed by atoms with Gasteiger partial charge in [0.15, 0.2) is 0 Å². The number of ether oxygens (including phenoxy) is 2. The van der Waals surface area contributed by atoms with Gasteiger partial charge in [0.2, 0.25) is 0 Å². The highest BCUT2D eigenvalue weighted by molar-refractivity contribution is 6.32. The molecule has 5 rings (SSSR count). The summed E-state index contributed by atoms with van der Waals surface area (Å²) in [4.78, 5) is 25.9. The monoisotopic (exact) mass is 505 g/mol. The van der Waals surface area contributed by atoms with Gasteiger partial charge in [0.25, 0.3) is 0 Å². The molecule has 3 heterocycles. The van der Waals surface area contributed by atoms with Crippen LogP contribution in [0, 0.1) is 0 Å². The summed E-state index contributed by atoms with van der Waals surface area (Å²) in [5.41, 5.74) is 2.23. The second-order valence-electron chi connectivity index (χ2n) is 8.36. The summed E-state index contributed by atoms with van der Waals surface area (Å²) in [6.45, 7) is 1.14. The fraction of sp³-hybridized carbons (Fsp3) is 0.231. The number of benzene rings is 2. The fourth-order valence-electron chi connectivity index (χ4n) is 4.13. The van der Waals surface area contributed by atoms with Crippen LogP contribution in [0.15, 0.2) is 67.1 Å². The summed E-state index contributed by atoms with van der Waals surface area (Å²) in [7, 11) is 0. The van der Waals surface area contributed by atoms with Gasteiger partial charge in [-0.05, 0) is 55.3 Å². The number of aromatic nitrogens is 3. The fourth-order valence-corrected chi connectivity index (χ4v) is 4.36. The minimum atomic E-state index is -0.934. The van der Waals surface area contributed by atoms with E-state index in [1.54, 1.807) is 18.3 Å². The molecule has 0 saturated carbocycles. The molecule has 0 unspecified atom stereocenters. The van der Waals surface area contributed by atoms with Crippen molar-refractivity contribution in [3.05, 3.63) is 77.8 Å². The zero-order valence-corrected chi connectivity index (χ0v) is 20.1. The molecule has 36 heavy (non-hydrogen) atoms. The minimum absolute atomic E-state index is 0.251. The van der Waals surface area contributed by atoms with Crippen LogP contribution in [-0.4, -0.2) is 50.2 Å². The highest BCUT2D eigenvalue weighted by atomic mass is 35.5. The molecule has 1 fully saturated rings. The summed E-state index contributed by atoms with van der Waals surface area (Å²) in [5, 5.41) is 13.8. The van der Waals surface area contributed by atoms with Gasteiger partial charge in [-0.25, -0.2) is 14.8 Å². The second-order valence-corrected chi connectivity index (χ2v) is 8.77. The molecule has 1 atom stereocenters. The lowest BCUT2D eigenvalue weighted by atomic mass is 10.1. The summed E-state index contributed by atoms with van der Waals surface area (Å²) >= 11 is 6.48. The maximum absolute atomic E-state index is 11.4. The third-order valence-corrected chi connectivity index (χ3v) is 6.16. The quantitative estimate of drug-likeness (QED) is 0.338. The highest BCUT2D eigenvalue weighted by Crippen LogP contribution is 2.35. The zero-order chi connectivity index (χ0) is 24.9. The van der Waals surface area contributed by atoms with Crippen molar-refractivity contribution >= 4 is 40.1 Å².